The highest BCUT2D eigenvalue weighted by molar-refractivity contribution is 5.25. The lowest BCUT2D eigenvalue weighted by molar-refractivity contribution is -0.290. The van der Waals surface area contributed by atoms with Gasteiger partial charge in [0.15, 0.2) is 0 Å². The average molecular weight is 268 g/mol. The molecule has 0 aliphatic rings. The van der Waals surface area contributed by atoms with Crippen LogP contribution in [0, 0.1) is 0 Å². The predicted octanol–water partition coefficient (Wildman–Crippen LogP) is 3.87. The second kappa shape index (κ2) is 5.22. The lowest BCUT2D eigenvalue weighted by atomic mass is 10.00. The standard InChI is InChI=1S/C12H13F5O/c1-2-8-4-3-5-9(6-8)10(18)7-11(13,14)12(15,16)17/h3-6,10,18H,2,7H2,1H3. The van der Waals surface area contributed by atoms with Crippen LogP contribution in [0.5, 0.6) is 0 Å². The molecule has 0 saturated carbocycles. The molecule has 1 rings (SSSR count). The molecule has 0 fully saturated rings. The Bertz CT molecular complexity index is 400. The van der Waals surface area contributed by atoms with Crippen LogP contribution in [0.25, 0.3) is 0 Å². The molecular formula is C12H13F5O. The van der Waals surface area contributed by atoms with Gasteiger partial charge < -0.3 is 5.11 Å². The fourth-order valence-electron chi connectivity index (χ4n) is 1.50. The molecule has 0 bridgehead atoms. The fourth-order valence-corrected chi connectivity index (χ4v) is 1.50. The molecular weight excluding hydrogens is 255 g/mol. The van der Waals surface area contributed by atoms with Crippen molar-refractivity contribution in [2.45, 2.75) is 38.0 Å². The topological polar surface area (TPSA) is 20.2 Å². The third kappa shape index (κ3) is 3.41. The summed E-state index contributed by atoms with van der Waals surface area (Å²) in [5, 5.41) is 9.46. The van der Waals surface area contributed by atoms with Gasteiger partial charge in [0, 0.05) is 0 Å². The molecule has 0 spiro atoms. The first-order valence-corrected chi connectivity index (χ1v) is 5.39. The number of aryl methyl sites for hydroxylation is 1. The molecule has 18 heavy (non-hydrogen) atoms. The van der Waals surface area contributed by atoms with E-state index < -0.39 is 24.6 Å². The lowest BCUT2D eigenvalue weighted by Crippen LogP contribution is -2.37. The highest BCUT2D eigenvalue weighted by Crippen LogP contribution is 2.41. The van der Waals surface area contributed by atoms with E-state index in [0.717, 1.165) is 5.56 Å². The molecule has 1 unspecified atom stereocenters. The van der Waals surface area contributed by atoms with Crippen molar-refractivity contribution in [1.29, 1.82) is 0 Å². The van der Waals surface area contributed by atoms with Crippen LogP contribution in [0.15, 0.2) is 24.3 Å². The summed E-state index contributed by atoms with van der Waals surface area (Å²) in [6.07, 6.45) is -8.54. The minimum Gasteiger partial charge on any atom is -0.388 e. The van der Waals surface area contributed by atoms with Crippen LogP contribution < -0.4 is 0 Å². The summed E-state index contributed by atoms with van der Waals surface area (Å²) in [5.74, 6) is -4.89. The highest BCUT2D eigenvalue weighted by atomic mass is 19.4. The molecule has 0 saturated heterocycles. The van der Waals surface area contributed by atoms with Gasteiger partial charge >= 0.3 is 12.1 Å². The Labute approximate surface area is 101 Å². The van der Waals surface area contributed by atoms with Crippen molar-refractivity contribution in [3.05, 3.63) is 35.4 Å². The van der Waals surface area contributed by atoms with Gasteiger partial charge in [-0.05, 0) is 17.5 Å². The number of aliphatic hydroxyl groups excluding tert-OH is 1. The van der Waals surface area contributed by atoms with E-state index >= 15 is 0 Å². The van der Waals surface area contributed by atoms with Crippen LogP contribution in [0.4, 0.5) is 22.0 Å². The summed E-state index contributed by atoms with van der Waals surface area (Å²) in [6, 6.07) is 5.98. The van der Waals surface area contributed by atoms with E-state index in [-0.39, 0.29) is 5.56 Å². The van der Waals surface area contributed by atoms with E-state index in [1.165, 1.54) is 18.2 Å². The number of aliphatic hydroxyl groups is 1. The zero-order valence-corrected chi connectivity index (χ0v) is 9.64. The fraction of sp³-hybridized carbons (Fsp3) is 0.500. The van der Waals surface area contributed by atoms with E-state index in [1.807, 2.05) is 6.92 Å². The second-order valence-corrected chi connectivity index (χ2v) is 4.02. The first-order chi connectivity index (χ1) is 8.17. The molecule has 0 heterocycles. The molecule has 1 aromatic rings. The Balaban J connectivity index is 2.85. The van der Waals surface area contributed by atoms with E-state index in [0.29, 0.717) is 6.42 Å². The Morgan fingerprint density at radius 2 is 1.78 bits per heavy atom. The molecule has 1 atom stereocenters. The molecule has 102 valence electrons. The van der Waals surface area contributed by atoms with Gasteiger partial charge in [0.05, 0.1) is 12.5 Å². The molecule has 0 radical (unpaired) electrons. The molecule has 0 amide bonds. The van der Waals surface area contributed by atoms with Gasteiger partial charge in [-0.3, -0.25) is 0 Å². The minimum atomic E-state index is -5.64. The maximum atomic E-state index is 12.8. The van der Waals surface area contributed by atoms with Crippen LogP contribution in [-0.2, 0) is 6.42 Å². The minimum absolute atomic E-state index is 0.0678. The second-order valence-electron chi connectivity index (χ2n) is 4.02. The molecule has 6 heteroatoms. The normalized spacial score (nSPS) is 14.6. The van der Waals surface area contributed by atoms with E-state index in [4.69, 9.17) is 0 Å². The van der Waals surface area contributed by atoms with Crippen molar-refractivity contribution in [3.63, 3.8) is 0 Å². The van der Waals surface area contributed by atoms with Crippen LogP contribution in [0.1, 0.15) is 30.6 Å². The van der Waals surface area contributed by atoms with Gasteiger partial charge in [-0.2, -0.15) is 22.0 Å². The van der Waals surface area contributed by atoms with E-state index in [1.54, 1.807) is 6.07 Å². The summed E-state index contributed by atoms with van der Waals surface area (Å²) in [7, 11) is 0. The summed E-state index contributed by atoms with van der Waals surface area (Å²) >= 11 is 0. The largest absolute Gasteiger partial charge is 0.453 e. The Morgan fingerprint density at radius 1 is 1.17 bits per heavy atom. The number of rotatable bonds is 4. The number of hydrogen-bond donors (Lipinski definition) is 1. The van der Waals surface area contributed by atoms with E-state index in [2.05, 4.69) is 0 Å². The highest BCUT2D eigenvalue weighted by Gasteiger charge is 2.58. The van der Waals surface area contributed by atoms with Gasteiger partial charge in [-0.1, -0.05) is 31.2 Å². The van der Waals surface area contributed by atoms with Crippen LogP contribution >= 0.6 is 0 Å². The van der Waals surface area contributed by atoms with Crippen molar-refractivity contribution in [2.75, 3.05) is 0 Å². The molecule has 1 N–H and O–H groups in total. The first-order valence-electron chi connectivity index (χ1n) is 5.39. The number of alkyl halides is 5. The van der Waals surface area contributed by atoms with Crippen molar-refractivity contribution in [2.24, 2.45) is 0 Å². The smallest absolute Gasteiger partial charge is 0.388 e. The summed E-state index contributed by atoms with van der Waals surface area (Å²) in [6.45, 7) is 1.82. The molecule has 0 aliphatic carbocycles. The van der Waals surface area contributed by atoms with Gasteiger partial charge in [0.25, 0.3) is 0 Å². The van der Waals surface area contributed by atoms with Crippen molar-refractivity contribution < 1.29 is 27.1 Å². The molecule has 1 aromatic carbocycles. The number of hydrogen-bond acceptors (Lipinski definition) is 1. The van der Waals surface area contributed by atoms with Crippen LogP contribution in [-0.4, -0.2) is 17.2 Å². The van der Waals surface area contributed by atoms with Gasteiger partial charge in [-0.25, -0.2) is 0 Å². The summed E-state index contributed by atoms with van der Waals surface area (Å²) < 4.78 is 61.5. The predicted molar refractivity (Wildman–Crippen MR) is 56.4 cm³/mol. The van der Waals surface area contributed by atoms with Crippen molar-refractivity contribution in [3.8, 4) is 0 Å². The molecule has 0 aliphatic heterocycles. The average Bonchev–Trinajstić information content (AvgIpc) is 2.27. The van der Waals surface area contributed by atoms with Crippen molar-refractivity contribution in [1.82, 2.24) is 0 Å². The van der Waals surface area contributed by atoms with Crippen LogP contribution in [0.2, 0.25) is 0 Å². The van der Waals surface area contributed by atoms with Crippen LogP contribution in [0.3, 0.4) is 0 Å². The number of halogens is 5. The van der Waals surface area contributed by atoms with Crippen molar-refractivity contribution >= 4 is 0 Å². The third-order valence-electron chi connectivity index (χ3n) is 2.61. The number of benzene rings is 1. The quantitative estimate of drug-likeness (QED) is 0.822. The first kappa shape index (κ1) is 14.9. The maximum absolute atomic E-state index is 12.8. The molecule has 0 aromatic heterocycles. The Hall–Kier alpha value is -1.17. The third-order valence-corrected chi connectivity index (χ3v) is 2.61. The summed E-state index contributed by atoms with van der Waals surface area (Å²) in [4.78, 5) is 0. The maximum Gasteiger partial charge on any atom is 0.453 e. The Morgan fingerprint density at radius 3 is 2.28 bits per heavy atom. The Kier molecular flexibility index (Phi) is 4.32. The zero-order chi connectivity index (χ0) is 14.0. The van der Waals surface area contributed by atoms with Gasteiger partial charge in [0.2, 0.25) is 0 Å². The lowest BCUT2D eigenvalue weighted by Gasteiger charge is -2.22. The summed E-state index contributed by atoms with van der Waals surface area (Å²) in [5.41, 5.74) is 0.833. The zero-order valence-electron chi connectivity index (χ0n) is 9.64. The monoisotopic (exact) mass is 268 g/mol. The van der Waals surface area contributed by atoms with E-state index in [9.17, 15) is 27.1 Å². The van der Waals surface area contributed by atoms with Gasteiger partial charge in [-0.15, -0.1) is 0 Å². The molecule has 1 nitrogen and oxygen atoms in total. The van der Waals surface area contributed by atoms with Gasteiger partial charge in [0.1, 0.15) is 0 Å². The SMILES string of the molecule is CCc1cccc(C(O)CC(F)(F)C(F)(F)F)c1.